The molecule has 84 valence electrons. The summed E-state index contributed by atoms with van der Waals surface area (Å²) < 4.78 is 0. The summed E-state index contributed by atoms with van der Waals surface area (Å²) in [6, 6.07) is 7.29. The van der Waals surface area contributed by atoms with Gasteiger partial charge in [0.2, 0.25) is 0 Å². The maximum atomic E-state index is 5.77. The van der Waals surface area contributed by atoms with Gasteiger partial charge in [-0.25, -0.2) is 0 Å². The Hall–Kier alpha value is -1.07. The van der Waals surface area contributed by atoms with Gasteiger partial charge < -0.3 is 5.73 Å². The van der Waals surface area contributed by atoms with Crippen LogP contribution in [0.1, 0.15) is 6.92 Å². The van der Waals surface area contributed by atoms with E-state index in [0.717, 1.165) is 5.69 Å². The minimum Gasteiger partial charge on any atom is -0.378 e. The molecule has 4 nitrogen and oxygen atoms in total. The molecule has 0 spiro atoms. The third-order valence-electron chi connectivity index (χ3n) is 2.10. The van der Waals surface area contributed by atoms with Gasteiger partial charge in [-0.1, -0.05) is 23.4 Å². The number of rotatable bonds is 2. The topological polar surface area (TPSA) is 63.1 Å². The number of hydrogen-bond donors (Lipinski definition) is 1. The molecular formula is C10H11ClN4S. The molecule has 1 aromatic rings. The molecule has 0 radical (unpaired) electrons. The van der Waals surface area contributed by atoms with E-state index in [1.54, 1.807) is 12.1 Å². The number of halogens is 1. The Balaban J connectivity index is 2.02. The van der Waals surface area contributed by atoms with Crippen molar-refractivity contribution < 1.29 is 0 Å². The van der Waals surface area contributed by atoms with Crippen molar-refractivity contribution in [1.29, 1.82) is 0 Å². The van der Waals surface area contributed by atoms with E-state index in [1.807, 2.05) is 19.1 Å². The maximum Gasteiger partial charge on any atom is 0.156 e. The third-order valence-corrected chi connectivity index (χ3v) is 3.43. The Morgan fingerprint density at radius 1 is 1.38 bits per heavy atom. The highest BCUT2D eigenvalue weighted by atomic mass is 35.5. The molecule has 6 heteroatoms. The Morgan fingerprint density at radius 3 is 2.62 bits per heavy atom. The highest BCUT2D eigenvalue weighted by Crippen LogP contribution is 2.27. The molecule has 2 N–H and O–H groups in total. The van der Waals surface area contributed by atoms with Crippen molar-refractivity contribution in [2.24, 2.45) is 21.0 Å². The van der Waals surface area contributed by atoms with Crippen LogP contribution in [0.2, 0.25) is 5.02 Å². The lowest BCUT2D eigenvalue weighted by Crippen LogP contribution is -2.09. The summed E-state index contributed by atoms with van der Waals surface area (Å²) in [7, 11) is 0. The van der Waals surface area contributed by atoms with Gasteiger partial charge in [-0.05, 0) is 31.2 Å². The monoisotopic (exact) mass is 254 g/mol. The van der Waals surface area contributed by atoms with Gasteiger partial charge in [0.25, 0.3) is 0 Å². The van der Waals surface area contributed by atoms with Crippen LogP contribution >= 0.6 is 23.4 Å². The fourth-order valence-electron chi connectivity index (χ4n) is 1.27. The summed E-state index contributed by atoms with van der Waals surface area (Å²) in [5, 5.41) is 9.58. The van der Waals surface area contributed by atoms with E-state index in [-0.39, 0.29) is 11.4 Å². The van der Waals surface area contributed by atoms with Crippen LogP contribution in [0.5, 0.6) is 0 Å². The van der Waals surface area contributed by atoms with Gasteiger partial charge >= 0.3 is 0 Å². The summed E-state index contributed by atoms with van der Waals surface area (Å²) in [5.41, 5.74) is 6.38. The number of aliphatic imine (C=N–C) groups is 1. The SMILES string of the molecule is CC1N=C(N)SC1N=Nc1ccc(Cl)cc1. The molecule has 0 bridgehead atoms. The smallest absolute Gasteiger partial charge is 0.156 e. The number of thioether (sulfide) groups is 1. The van der Waals surface area contributed by atoms with Crippen molar-refractivity contribution in [3.63, 3.8) is 0 Å². The Kier molecular flexibility index (Phi) is 3.46. The number of hydrogen-bond acceptors (Lipinski definition) is 5. The zero-order valence-corrected chi connectivity index (χ0v) is 10.2. The van der Waals surface area contributed by atoms with Crippen molar-refractivity contribution in [2.75, 3.05) is 0 Å². The molecule has 1 aromatic carbocycles. The number of nitrogens with zero attached hydrogens (tertiary/aromatic N) is 3. The first-order chi connectivity index (χ1) is 7.65. The largest absolute Gasteiger partial charge is 0.378 e. The van der Waals surface area contributed by atoms with Crippen LogP contribution in [0.15, 0.2) is 39.5 Å². The van der Waals surface area contributed by atoms with Gasteiger partial charge in [0.05, 0.1) is 11.7 Å². The summed E-state index contributed by atoms with van der Waals surface area (Å²) in [6.45, 7) is 1.97. The standard InChI is InChI=1S/C10H11ClN4S/c1-6-9(16-10(12)13-6)15-14-8-4-2-7(11)3-5-8/h2-6,9H,1H3,(H2,12,13). The average Bonchev–Trinajstić information content (AvgIpc) is 2.57. The molecule has 2 rings (SSSR count). The molecular weight excluding hydrogens is 244 g/mol. The van der Waals surface area contributed by atoms with Gasteiger partial charge in [-0.2, -0.15) is 10.2 Å². The van der Waals surface area contributed by atoms with Crippen molar-refractivity contribution in [3.8, 4) is 0 Å². The van der Waals surface area contributed by atoms with Crippen LogP contribution in [0.25, 0.3) is 0 Å². The molecule has 0 saturated carbocycles. The summed E-state index contributed by atoms with van der Waals surface area (Å²) in [5.74, 6) is 0. The van der Waals surface area contributed by atoms with Crippen molar-refractivity contribution in [1.82, 2.24) is 0 Å². The lowest BCUT2D eigenvalue weighted by Gasteiger charge is -2.04. The average molecular weight is 255 g/mol. The lowest BCUT2D eigenvalue weighted by atomic mass is 10.3. The van der Waals surface area contributed by atoms with Crippen LogP contribution in [0.4, 0.5) is 5.69 Å². The van der Waals surface area contributed by atoms with E-state index < -0.39 is 0 Å². The van der Waals surface area contributed by atoms with E-state index in [4.69, 9.17) is 17.3 Å². The van der Waals surface area contributed by atoms with Crippen LogP contribution in [0.3, 0.4) is 0 Å². The summed E-state index contributed by atoms with van der Waals surface area (Å²) in [4.78, 5) is 4.18. The van der Waals surface area contributed by atoms with Crippen LogP contribution in [-0.2, 0) is 0 Å². The van der Waals surface area contributed by atoms with E-state index in [0.29, 0.717) is 10.2 Å². The molecule has 0 fully saturated rings. The first kappa shape index (κ1) is 11.4. The van der Waals surface area contributed by atoms with Gasteiger partial charge in [0.15, 0.2) is 5.17 Å². The van der Waals surface area contributed by atoms with Gasteiger partial charge in [0.1, 0.15) is 5.37 Å². The first-order valence-corrected chi connectivity index (χ1v) is 6.07. The number of nitrogens with two attached hydrogens (primary N) is 1. The Morgan fingerprint density at radius 2 is 2.06 bits per heavy atom. The van der Waals surface area contributed by atoms with Crippen molar-refractivity contribution in [2.45, 2.75) is 18.3 Å². The lowest BCUT2D eigenvalue weighted by molar-refractivity contribution is 0.703. The zero-order valence-electron chi connectivity index (χ0n) is 8.67. The molecule has 0 amide bonds. The second-order valence-electron chi connectivity index (χ2n) is 3.41. The van der Waals surface area contributed by atoms with Crippen LogP contribution < -0.4 is 5.73 Å². The minimum atomic E-state index is -0.0179. The molecule has 1 aliphatic heterocycles. The third kappa shape index (κ3) is 2.74. The fourth-order valence-corrected chi connectivity index (χ4v) is 2.22. The summed E-state index contributed by atoms with van der Waals surface area (Å²) >= 11 is 7.21. The molecule has 0 aromatic heterocycles. The van der Waals surface area contributed by atoms with E-state index in [1.165, 1.54) is 11.8 Å². The summed E-state index contributed by atoms with van der Waals surface area (Å²) in [6.07, 6.45) is 0. The highest BCUT2D eigenvalue weighted by Gasteiger charge is 2.24. The Labute approximate surface area is 103 Å². The molecule has 0 saturated heterocycles. The molecule has 2 unspecified atom stereocenters. The Bertz CT molecular complexity index is 429. The zero-order chi connectivity index (χ0) is 11.5. The van der Waals surface area contributed by atoms with Crippen molar-refractivity contribution >= 4 is 34.2 Å². The van der Waals surface area contributed by atoms with Crippen molar-refractivity contribution in [3.05, 3.63) is 29.3 Å². The van der Waals surface area contributed by atoms with E-state index >= 15 is 0 Å². The van der Waals surface area contributed by atoms with Gasteiger partial charge in [-0.15, -0.1) is 0 Å². The first-order valence-electron chi connectivity index (χ1n) is 4.81. The van der Waals surface area contributed by atoms with E-state index in [9.17, 15) is 0 Å². The number of benzene rings is 1. The molecule has 1 heterocycles. The normalized spacial score (nSPS) is 25.0. The second kappa shape index (κ2) is 4.84. The van der Waals surface area contributed by atoms with Crippen LogP contribution in [-0.4, -0.2) is 16.6 Å². The molecule has 0 aliphatic carbocycles. The highest BCUT2D eigenvalue weighted by molar-refractivity contribution is 8.14. The van der Waals surface area contributed by atoms with Crippen LogP contribution in [0, 0.1) is 0 Å². The molecule has 1 aliphatic rings. The minimum absolute atomic E-state index is 0.0179. The van der Waals surface area contributed by atoms with Gasteiger partial charge in [0, 0.05) is 5.02 Å². The van der Waals surface area contributed by atoms with Gasteiger partial charge in [-0.3, -0.25) is 4.99 Å². The molecule has 2 atom stereocenters. The quantitative estimate of drug-likeness (QED) is 0.824. The maximum absolute atomic E-state index is 5.77. The molecule has 16 heavy (non-hydrogen) atoms. The number of amidine groups is 1. The van der Waals surface area contributed by atoms with E-state index in [2.05, 4.69) is 15.2 Å². The fraction of sp³-hybridized carbons (Fsp3) is 0.300. The number of azo groups is 1. The predicted octanol–water partition coefficient (Wildman–Crippen LogP) is 3.20. The second-order valence-corrected chi connectivity index (χ2v) is 4.98. The predicted molar refractivity (Wildman–Crippen MR) is 68.4 cm³/mol.